The van der Waals surface area contributed by atoms with E-state index in [0.717, 1.165) is 48.9 Å². The molecule has 0 aliphatic heterocycles. The summed E-state index contributed by atoms with van der Waals surface area (Å²) in [6.45, 7) is 5.43. The summed E-state index contributed by atoms with van der Waals surface area (Å²) in [6, 6.07) is 3.99. The van der Waals surface area contributed by atoms with E-state index in [-0.39, 0.29) is 0 Å². The summed E-state index contributed by atoms with van der Waals surface area (Å²) in [5.41, 5.74) is 1.10. The van der Waals surface area contributed by atoms with Crippen LogP contribution in [-0.2, 0) is 6.54 Å². The molecule has 0 aromatic carbocycles. The van der Waals surface area contributed by atoms with Crippen LogP contribution >= 0.6 is 0 Å². The highest BCUT2D eigenvalue weighted by Gasteiger charge is 2.22. The first-order valence-electron chi connectivity index (χ1n) is 8.43. The summed E-state index contributed by atoms with van der Waals surface area (Å²) in [5, 5.41) is 6.68. The molecule has 2 aliphatic carbocycles. The molecule has 120 valence electrons. The van der Waals surface area contributed by atoms with Gasteiger partial charge in [0.2, 0.25) is 5.88 Å². The number of aromatic nitrogens is 1. The zero-order valence-corrected chi connectivity index (χ0v) is 13.3. The largest absolute Gasteiger partial charge is 0.477 e. The third-order valence-electron chi connectivity index (χ3n) is 3.98. The third kappa shape index (κ3) is 5.20. The number of pyridine rings is 1. The highest BCUT2D eigenvalue weighted by atomic mass is 16.5. The van der Waals surface area contributed by atoms with Crippen LogP contribution in [-0.4, -0.2) is 30.6 Å². The van der Waals surface area contributed by atoms with Crippen LogP contribution < -0.4 is 15.4 Å². The maximum absolute atomic E-state index is 5.65. The molecule has 1 aromatic rings. The topological polar surface area (TPSA) is 58.5 Å². The third-order valence-corrected chi connectivity index (χ3v) is 3.98. The number of ether oxygens (including phenoxy) is 1. The van der Waals surface area contributed by atoms with Gasteiger partial charge in [0.1, 0.15) is 0 Å². The van der Waals surface area contributed by atoms with Gasteiger partial charge in [-0.15, -0.1) is 0 Å². The van der Waals surface area contributed by atoms with E-state index in [1.807, 2.05) is 18.3 Å². The molecule has 0 unspecified atom stereocenters. The van der Waals surface area contributed by atoms with Crippen LogP contribution in [0.1, 0.15) is 38.2 Å². The molecular formula is C17H26N4O. The van der Waals surface area contributed by atoms with Crippen LogP contribution in [0.5, 0.6) is 5.88 Å². The van der Waals surface area contributed by atoms with Crippen LogP contribution in [0.25, 0.3) is 0 Å². The van der Waals surface area contributed by atoms with Crippen molar-refractivity contribution in [1.82, 2.24) is 15.6 Å². The Kier molecular flexibility index (Phi) is 5.14. The lowest BCUT2D eigenvalue weighted by Gasteiger charge is -2.10. The van der Waals surface area contributed by atoms with Crippen molar-refractivity contribution >= 4 is 5.96 Å². The molecule has 3 rings (SSSR count). The summed E-state index contributed by atoms with van der Waals surface area (Å²) in [7, 11) is 0. The highest BCUT2D eigenvalue weighted by Crippen LogP contribution is 2.29. The van der Waals surface area contributed by atoms with Crippen molar-refractivity contribution in [3.8, 4) is 5.88 Å². The van der Waals surface area contributed by atoms with Crippen molar-refractivity contribution in [2.45, 2.75) is 39.2 Å². The van der Waals surface area contributed by atoms with Crippen LogP contribution in [0.3, 0.4) is 0 Å². The van der Waals surface area contributed by atoms with Gasteiger partial charge in [0, 0.05) is 25.4 Å². The Bertz CT molecular complexity index is 492. The Morgan fingerprint density at radius 3 is 2.68 bits per heavy atom. The zero-order valence-electron chi connectivity index (χ0n) is 13.3. The second kappa shape index (κ2) is 7.47. The van der Waals surface area contributed by atoms with Crippen LogP contribution in [0.15, 0.2) is 23.3 Å². The minimum atomic E-state index is 0.635. The number of nitrogens with one attached hydrogen (secondary N) is 2. The molecular weight excluding hydrogens is 276 g/mol. The lowest BCUT2D eigenvalue weighted by Crippen LogP contribution is -2.38. The SMILES string of the molecule is CCNC(=NCc1ccc(OCC2CC2)nc1)NCC1CC1. The van der Waals surface area contributed by atoms with Crippen molar-refractivity contribution < 1.29 is 4.74 Å². The minimum absolute atomic E-state index is 0.635. The van der Waals surface area contributed by atoms with Gasteiger partial charge in [-0.1, -0.05) is 6.07 Å². The van der Waals surface area contributed by atoms with Gasteiger partial charge in [-0.05, 0) is 50.0 Å². The van der Waals surface area contributed by atoms with E-state index in [1.54, 1.807) is 0 Å². The first kappa shape index (κ1) is 15.1. The Labute approximate surface area is 132 Å². The minimum Gasteiger partial charge on any atom is -0.477 e. The van der Waals surface area contributed by atoms with E-state index in [9.17, 15) is 0 Å². The lowest BCUT2D eigenvalue weighted by atomic mass is 10.3. The number of hydrogen-bond acceptors (Lipinski definition) is 3. The fourth-order valence-electron chi connectivity index (χ4n) is 2.15. The van der Waals surface area contributed by atoms with Crippen LogP contribution in [0.2, 0.25) is 0 Å². The Morgan fingerprint density at radius 2 is 2.05 bits per heavy atom. The van der Waals surface area contributed by atoms with Gasteiger partial charge in [0.15, 0.2) is 5.96 Å². The fourth-order valence-corrected chi connectivity index (χ4v) is 2.15. The van der Waals surface area contributed by atoms with E-state index in [0.29, 0.717) is 6.54 Å². The van der Waals surface area contributed by atoms with E-state index < -0.39 is 0 Å². The average Bonchev–Trinajstić information content (AvgIpc) is 3.43. The van der Waals surface area contributed by atoms with Gasteiger partial charge in [-0.25, -0.2) is 9.98 Å². The van der Waals surface area contributed by atoms with E-state index in [2.05, 4.69) is 27.5 Å². The summed E-state index contributed by atoms with van der Waals surface area (Å²) < 4.78 is 5.65. The molecule has 2 aliphatic rings. The van der Waals surface area contributed by atoms with Gasteiger partial charge in [-0.2, -0.15) is 0 Å². The standard InChI is InChI=1S/C17H26N4O/c1-2-18-17(20-9-13-3-4-13)21-11-15-7-8-16(19-10-15)22-12-14-5-6-14/h7-8,10,13-14H,2-6,9,11-12H2,1H3,(H2,18,20,21). The van der Waals surface area contributed by atoms with Crippen molar-refractivity contribution in [1.29, 1.82) is 0 Å². The lowest BCUT2D eigenvalue weighted by molar-refractivity contribution is 0.288. The second-order valence-corrected chi connectivity index (χ2v) is 6.28. The molecule has 0 amide bonds. The molecule has 2 fully saturated rings. The van der Waals surface area contributed by atoms with Gasteiger partial charge in [0.05, 0.1) is 13.2 Å². The van der Waals surface area contributed by atoms with Crippen molar-refractivity contribution in [2.75, 3.05) is 19.7 Å². The van der Waals surface area contributed by atoms with Crippen molar-refractivity contribution in [3.63, 3.8) is 0 Å². The quantitative estimate of drug-likeness (QED) is 0.571. The molecule has 0 radical (unpaired) electrons. The number of aliphatic imine (C=N–C) groups is 1. The first-order valence-corrected chi connectivity index (χ1v) is 8.43. The summed E-state index contributed by atoms with van der Waals surface area (Å²) >= 11 is 0. The summed E-state index contributed by atoms with van der Waals surface area (Å²) in [6.07, 6.45) is 7.15. The van der Waals surface area contributed by atoms with Gasteiger partial charge < -0.3 is 15.4 Å². The van der Waals surface area contributed by atoms with Crippen LogP contribution in [0.4, 0.5) is 0 Å². The first-order chi connectivity index (χ1) is 10.8. The molecule has 2 N–H and O–H groups in total. The number of hydrogen-bond donors (Lipinski definition) is 2. The van der Waals surface area contributed by atoms with Gasteiger partial charge >= 0.3 is 0 Å². The maximum atomic E-state index is 5.65. The van der Waals surface area contributed by atoms with E-state index in [4.69, 9.17) is 4.74 Å². The molecule has 1 aromatic heterocycles. The average molecular weight is 302 g/mol. The summed E-state index contributed by atoms with van der Waals surface area (Å²) in [5.74, 6) is 3.21. The van der Waals surface area contributed by atoms with E-state index >= 15 is 0 Å². The molecule has 0 spiro atoms. The highest BCUT2D eigenvalue weighted by molar-refractivity contribution is 5.79. The molecule has 0 bridgehead atoms. The Balaban J connectivity index is 1.47. The normalized spacial score (nSPS) is 18.1. The Morgan fingerprint density at radius 1 is 1.23 bits per heavy atom. The molecule has 22 heavy (non-hydrogen) atoms. The molecule has 5 heteroatoms. The van der Waals surface area contributed by atoms with Crippen molar-refractivity contribution in [3.05, 3.63) is 23.9 Å². The molecule has 2 saturated carbocycles. The Hall–Kier alpha value is -1.78. The van der Waals surface area contributed by atoms with Gasteiger partial charge in [-0.3, -0.25) is 0 Å². The molecule has 1 heterocycles. The number of rotatable bonds is 8. The van der Waals surface area contributed by atoms with E-state index in [1.165, 1.54) is 25.7 Å². The predicted molar refractivity (Wildman–Crippen MR) is 88.0 cm³/mol. The fraction of sp³-hybridized carbons (Fsp3) is 0.647. The maximum Gasteiger partial charge on any atom is 0.213 e. The second-order valence-electron chi connectivity index (χ2n) is 6.28. The predicted octanol–water partition coefficient (Wildman–Crippen LogP) is 2.34. The molecule has 0 atom stereocenters. The monoisotopic (exact) mass is 302 g/mol. The smallest absolute Gasteiger partial charge is 0.213 e. The molecule has 0 saturated heterocycles. The van der Waals surface area contributed by atoms with Gasteiger partial charge in [0.25, 0.3) is 0 Å². The zero-order chi connectivity index (χ0) is 15.2. The number of guanidine groups is 1. The van der Waals surface area contributed by atoms with Crippen LogP contribution in [0, 0.1) is 11.8 Å². The number of nitrogens with zero attached hydrogens (tertiary/aromatic N) is 2. The van der Waals surface area contributed by atoms with Crippen molar-refractivity contribution in [2.24, 2.45) is 16.8 Å². The molecule has 5 nitrogen and oxygen atoms in total. The summed E-state index contributed by atoms with van der Waals surface area (Å²) in [4.78, 5) is 8.97.